The lowest BCUT2D eigenvalue weighted by Gasteiger charge is -2.20. The van der Waals surface area contributed by atoms with Crippen molar-refractivity contribution >= 4 is 59.3 Å². The van der Waals surface area contributed by atoms with Crippen LogP contribution in [0.1, 0.15) is 5.56 Å². The molecule has 4 aromatic carbocycles. The minimum atomic E-state index is -0.139. The van der Waals surface area contributed by atoms with Gasteiger partial charge in [0, 0.05) is 4.47 Å². The Morgan fingerprint density at radius 2 is 1.69 bits per heavy atom. The second kappa shape index (κ2) is 9.10. The first-order valence-corrected chi connectivity index (χ1v) is 11.8. The van der Waals surface area contributed by atoms with Gasteiger partial charge < -0.3 is 4.74 Å². The van der Waals surface area contributed by atoms with Crippen molar-refractivity contribution in [3.8, 4) is 5.75 Å². The van der Waals surface area contributed by atoms with Gasteiger partial charge in [0.25, 0.3) is 5.91 Å². The molecule has 1 aromatic heterocycles. The highest BCUT2D eigenvalue weighted by atomic mass is 79.9. The quantitative estimate of drug-likeness (QED) is 0.255. The Hall–Kier alpha value is -3.22. The normalized spacial score (nSPS) is 11.0. The molecular formula is C26H19BrN2O2S. The van der Waals surface area contributed by atoms with Crippen LogP contribution in [0.4, 0.5) is 5.13 Å². The molecule has 1 heterocycles. The Bertz CT molecular complexity index is 1400. The molecule has 0 bridgehead atoms. The summed E-state index contributed by atoms with van der Waals surface area (Å²) >= 11 is 5.01. The van der Waals surface area contributed by atoms with Crippen molar-refractivity contribution in [2.75, 3.05) is 11.5 Å². The van der Waals surface area contributed by atoms with E-state index in [9.17, 15) is 4.79 Å². The summed E-state index contributed by atoms with van der Waals surface area (Å²) in [5, 5.41) is 2.88. The number of halogens is 1. The minimum Gasteiger partial charge on any atom is -0.484 e. The number of ether oxygens (including phenoxy) is 1. The first-order chi connectivity index (χ1) is 15.7. The summed E-state index contributed by atoms with van der Waals surface area (Å²) < 4.78 is 7.90. The van der Waals surface area contributed by atoms with Crippen LogP contribution in [0.15, 0.2) is 95.5 Å². The van der Waals surface area contributed by atoms with E-state index in [4.69, 9.17) is 9.72 Å². The number of aromatic nitrogens is 1. The number of anilines is 1. The average molecular weight is 503 g/mol. The van der Waals surface area contributed by atoms with Crippen LogP contribution in [0.5, 0.6) is 5.75 Å². The van der Waals surface area contributed by atoms with E-state index in [0.29, 0.717) is 17.4 Å². The van der Waals surface area contributed by atoms with Crippen LogP contribution in [0, 0.1) is 0 Å². The first kappa shape index (κ1) is 20.7. The van der Waals surface area contributed by atoms with Gasteiger partial charge in [-0.05, 0) is 46.7 Å². The van der Waals surface area contributed by atoms with Crippen LogP contribution >= 0.6 is 27.3 Å². The minimum absolute atomic E-state index is 0.0647. The Balaban J connectivity index is 1.41. The van der Waals surface area contributed by atoms with Crippen LogP contribution in [-0.4, -0.2) is 17.5 Å². The third-order valence-electron chi connectivity index (χ3n) is 5.14. The van der Waals surface area contributed by atoms with Gasteiger partial charge in [-0.25, -0.2) is 4.98 Å². The Morgan fingerprint density at radius 3 is 2.53 bits per heavy atom. The van der Waals surface area contributed by atoms with Crippen LogP contribution < -0.4 is 9.64 Å². The number of rotatable bonds is 6. The second-order valence-electron chi connectivity index (χ2n) is 7.37. The predicted octanol–water partition coefficient (Wildman–Crippen LogP) is 6.82. The fraction of sp³-hybridized carbons (Fsp3) is 0.0769. The summed E-state index contributed by atoms with van der Waals surface area (Å²) in [7, 11) is 0. The fourth-order valence-electron chi connectivity index (χ4n) is 3.51. The number of hydrogen-bond acceptors (Lipinski definition) is 4. The van der Waals surface area contributed by atoms with Crippen molar-refractivity contribution < 1.29 is 9.53 Å². The maximum atomic E-state index is 13.3. The third kappa shape index (κ3) is 4.52. The van der Waals surface area contributed by atoms with E-state index in [2.05, 4.69) is 22.0 Å². The average Bonchev–Trinajstić information content (AvgIpc) is 3.24. The molecule has 6 heteroatoms. The van der Waals surface area contributed by atoms with Gasteiger partial charge in [0.05, 0.1) is 16.8 Å². The van der Waals surface area contributed by atoms with Crippen LogP contribution in [0.25, 0.3) is 21.0 Å². The number of carbonyl (C=O) groups excluding carboxylic acids is 1. The van der Waals surface area contributed by atoms with E-state index < -0.39 is 0 Å². The Kier molecular flexibility index (Phi) is 5.88. The molecule has 0 spiro atoms. The largest absolute Gasteiger partial charge is 0.484 e. The lowest BCUT2D eigenvalue weighted by Crippen LogP contribution is -2.34. The molecule has 0 aliphatic rings. The maximum Gasteiger partial charge on any atom is 0.267 e. The van der Waals surface area contributed by atoms with Gasteiger partial charge in [-0.3, -0.25) is 9.69 Å². The molecule has 5 aromatic rings. The zero-order chi connectivity index (χ0) is 21.9. The summed E-state index contributed by atoms with van der Waals surface area (Å²) in [5.74, 6) is 0.532. The van der Waals surface area contributed by atoms with Gasteiger partial charge in [0.15, 0.2) is 11.7 Å². The summed E-state index contributed by atoms with van der Waals surface area (Å²) in [6, 6.07) is 29.8. The fourth-order valence-corrected chi connectivity index (χ4v) is 5.04. The molecule has 0 N–H and O–H groups in total. The number of amides is 1. The van der Waals surface area contributed by atoms with Crippen molar-refractivity contribution in [1.82, 2.24) is 4.98 Å². The SMILES string of the molecule is O=C(COc1ccc2ccccc2c1)N(Cc1ccccc1)c1nc2ccc(Br)cc2s1. The van der Waals surface area contributed by atoms with Gasteiger partial charge in [-0.15, -0.1) is 0 Å². The highest BCUT2D eigenvalue weighted by molar-refractivity contribution is 9.10. The van der Waals surface area contributed by atoms with Crippen molar-refractivity contribution in [2.45, 2.75) is 6.54 Å². The monoisotopic (exact) mass is 502 g/mol. The molecule has 0 radical (unpaired) electrons. The zero-order valence-corrected chi connectivity index (χ0v) is 19.5. The number of fused-ring (bicyclic) bond motifs is 2. The first-order valence-electron chi connectivity index (χ1n) is 10.2. The molecule has 0 aliphatic carbocycles. The molecule has 0 saturated heterocycles. The number of hydrogen-bond donors (Lipinski definition) is 0. The summed E-state index contributed by atoms with van der Waals surface area (Å²) in [6.07, 6.45) is 0. The third-order valence-corrected chi connectivity index (χ3v) is 6.67. The maximum absolute atomic E-state index is 13.3. The molecule has 0 aliphatic heterocycles. The highest BCUT2D eigenvalue weighted by Gasteiger charge is 2.21. The molecule has 4 nitrogen and oxygen atoms in total. The van der Waals surface area contributed by atoms with E-state index in [1.165, 1.54) is 11.3 Å². The number of thiazole rings is 1. The lowest BCUT2D eigenvalue weighted by atomic mass is 10.1. The van der Waals surface area contributed by atoms with E-state index in [1.54, 1.807) is 4.90 Å². The van der Waals surface area contributed by atoms with Crippen LogP contribution in [-0.2, 0) is 11.3 Å². The molecule has 1 amide bonds. The van der Waals surface area contributed by atoms with Crippen LogP contribution in [0.3, 0.4) is 0 Å². The van der Waals surface area contributed by atoms with Gasteiger partial charge in [0.2, 0.25) is 0 Å². The lowest BCUT2D eigenvalue weighted by molar-refractivity contribution is -0.120. The highest BCUT2D eigenvalue weighted by Crippen LogP contribution is 2.32. The predicted molar refractivity (Wildman–Crippen MR) is 134 cm³/mol. The van der Waals surface area contributed by atoms with Crippen molar-refractivity contribution in [2.24, 2.45) is 0 Å². The molecular weight excluding hydrogens is 484 g/mol. The summed E-state index contributed by atoms with van der Waals surface area (Å²) in [6.45, 7) is 0.368. The molecule has 158 valence electrons. The molecule has 0 fully saturated rings. The number of nitrogens with zero attached hydrogens (tertiary/aromatic N) is 2. The van der Waals surface area contributed by atoms with E-state index in [0.717, 1.165) is 31.0 Å². The van der Waals surface area contributed by atoms with Crippen molar-refractivity contribution in [1.29, 1.82) is 0 Å². The van der Waals surface area contributed by atoms with Gasteiger partial charge in [-0.2, -0.15) is 0 Å². The van der Waals surface area contributed by atoms with E-state index >= 15 is 0 Å². The van der Waals surface area contributed by atoms with Gasteiger partial charge in [-0.1, -0.05) is 87.9 Å². The van der Waals surface area contributed by atoms with Crippen molar-refractivity contribution in [3.05, 3.63) is 101 Å². The molecule has 0 unspecified atom stereocenters. The molecule has 0 atom stereocenters. The topological polar surface area (TPSA) is 42.4 Å². The van der Waals surface area contributed by atoms with E-state index in [-0.39, 0.29) is 12.5 Å². The second-order valence-corrected chi connectivity index (χ2v) is 9.30. The van der Waals surface area contributed by atoms with E-state index in [1.807, 2.05) is 84.9 Å². The Morgan fingerprint density at radius 1 is 0.906 bits per heavy atom. The Labute approximate surface area is 198 Å². The summed E-state index contributed by atoms with van der Waals surface area (Å²) in [4.78, 5) is 19.7. The molecule has 32 heavy (non-hydrogen) atoms. The standard InChI is InChI=1S/C26H19BrN2O2S/c27-21-11-13-23-24(15-21)32-26(28-23)29(16-18-6-2-1-3-7-18)25(30)17-31-22-12-10-19-8-4-5-9-20(19)14-22/h1-15H,16-17H2. The molecule has 5 rings (SSSR count). The smallest absolute Gasteiger partial charge is 0.267 e. The number of benzene rings is 4. The van der Waals surface area contributed by atoms with Crippen molar-refractivity contribution in [3.63, 3.8) is 0 Å². The van der Waals surface area contributed by atoms with Gasteiger partial charge in [0.1, 0.15) is 5.75 Å². The molecule has 0 saturated carbocycles. The number of carbonyl (C=O) groups is 1. The van der Waals surface area contributed by atoms with Crippen LogP contribution in [0.2, 0.25) is 0 Å². The summed E-state index contributed by atoms with van der Waals surface area (Å²) in [5.41, 5.74) is 1.90. The zero-order valence-electron chi connectivity index (χ0n) is 17.1. The van der Waals surface area contributed by atoms with Gasteiger partial charge >= 0.3 is 0 Å².